The second kappa shape index (κ2) is 8.06. The molecule has 0 aliphatic carbocycles. The minimum atomic E-state index is 0.207. The van der Waals surface area contributed by atoms with Crippen LogP contribution in [0.15, 0.2) is 28.7 Å². The van der Waals surface area contributed by atoms with E-state index in [0.717, 1.165) is 21.1 Å². The second-order valence-corrected chi connectivity index (χ2v) is 7.38. The summed E-state index contributed by atoms with van der Waals surface area (Å²) in [5.74, 6) is 0.788. The standard InChI is InChI=1S/C15H21Br3/c1-12(2)5-4-8-15(10-16,11-17)13-6-3-7-14(18)9-13/h3,6-7,9,12H,4-5,8,10-11H2,1-2H3. The molecule has 0 atom stereocenters. The maximum absolute atomic E-state index is 3.72. The van der Waals surface area contributed by atoms with Crippen LogP contribution in [0.1, 0.15) is 38.7 Å². The average molecular weight is 441 g/mol. The lowest BCUT2D eigenvalue weighted by atomic mass is 9.79. The molecule has 1 rings (SSSR count). The van der Waals surface area contributed by atoms with Gasteiger partial charge in [0, 0.05) is 20.5 Å². The SMILES string of the molecule is CC(C)CCCC(CBr)(CBr)c1cccc(Br)c1. The van der Waals surface area contributed by atoms with Crippen LogP contribution < -0.4 is 0 Å². The van der Waals surface area contributed by atoms with Crippen molar-refractivity contribution in [1.82, 2.24) is 0 Å². The van der Waals surface area contributed by atoms with E-state index in [1.54, 1.807) is 0 Å². The van der Waals surface area contributed by atoms with Crippen molar-refractivity contribution in [1.29, 1.82) is 0 Å². The Morgan fingerprint density at radius 2 is 1.83 bits per heavy atom. The molecule has 1 aromatic carbocycles. The molecule has 1 aromatic rings. The van der Waals surface area contributed by atoms with Crippen LogP contribution in [0, 0.1) is 5.92 Å². The number of halogens is 3. The molecule has 0 aromatic heterocycles. The Hall–Kier alpha value is 0.660. The zero-order valence-electron chi connectivity index (χ0n) is 11.1. The summed E-state index contributed by atoms with van der Waals surface area (Å²) in [7, 11) is 0. The molecule has 0 saturated heterocycles. The molecular weight excluding hydrogens is 420 g/mol. The molecule has 0 amide bonds. The van der Waals surface area contributed by atoms with Crippen LogP contribution >= 0.6 is 47.8 Å². The van der Waals surface area contributed by atoms with E-state index >= 15 is 0 Å². The van der Waals surface area contributed by atoms with E-state index in [1.807, 2.05) is 0 Å². The molecule has 0 spiro atoms. The summed E-state index contributed by atoms with van der Waals surface area (Å²) >= 11 is 11.0. The van der Waals surface area contributed by atoms with E-state index in [9.17, 15) is 0 Å². The van der Waals surface area contributed by atoms with Crippen molar-refractivity contribution in [2.75, 3.05) is 10.7 Å². The zero-order chi connectivity index (χ0) is 13.6. The van der Waals surface area contributed by atoms with Crippen LogP contribution in [0.4, 0.5) is 0 Å². The molecule has 0 unspecified atom stereocenters. The van der Waals surface area contributed by atoms with Gasteiger partial charge in [-0.05, 0) is 30.0 Å². The molecule has 0 heterocycles. The zero-order valence-corrected chi connectivity index (χ0v) is 15.8. The van der Waals surface area contributed by atoms with Gasteiger partial charge in [0.2, 0.25) is 0 Å². The summed E-state index contributed by atoms with van der Waals surface area (Å²) < 4.78 is 1.16. The van der Waals surface area contributed by atoms with Gasteiger partial charge in [-0.15, -0.1) is 0 Å². The Kier molecular flexibility index (Phi) is 7.48. The average Bonchev–Trinajstić information content (AvgIpc) is 2.35. The first-order valence-corrected chi connectivity index (χ1v) is 9.45. The van der Waals surface area contributed by atoms with Crippen molar-refractivity contribution in [2.45, 2.75) is 38.5 Å². The van der Waals surface area contributed by atoms with Crippen molar-refractivity contribution in [3.63, 3.8) is 0 Å². The number of alkyl halides is 2. The molecule has 0 radical (unpaired) electrons. The Morgan fingerprint density at radius 3 is 2.33 bits per heavy atom. The summed E-state index contributed by atoms with van der Waals surface area (Å²) in [5, 5.41) is 2.00. The molecule has 0 aliphatic heterocycles. The Bertz CT molecular complexity index is 357. The van der Waals surface area contributed by atoms with Gasteiger partial charge >= 0.3 is 0 Å². The van der Waals surface area contributed by atoms with Crippen molar-refractivity contribution >= 4 is 47.8 Å². The van der Waals surface area contributed by atoms with Crippen LogP contribution in [-0.2, 0) is 5.41 Å². The van der Waals surface area contributed by atoms with Crippen LogP contribution in [0.3, 0.4) is 0 Å². The molecule has 0 nitrogen and oxygen atoms in total. The molecule has 0 aliphatic rings. The van der Waals surface area contributed by atoms with Gasteiger partial charge in [0.25, 0.3) is 0 Å². The number of hydrogen-bond donors (Lipinski definition) is 0. The van der Waals surface area contributed by atoms with Crippen LogP contribution in [0.25, 0.3) is 0 Å². The molecule has 102 valence electrons. The Morgan fingerprint density at radius 1 is 1.17 bits per heavy atom. The van der Waals surface area contributed by atoms with E-state index < -0.39 is 0 Å². The van der Waals surface area contributed by atoms with E-state index in [-0.39, 0.29) is 5.41 Å². The molecule has 0 saturated carbocycles. The molecular formula is C15H21Br3. The van der Waals surface area contributed by atoms with Crippen molar-refractivity contribution in [3.05, 3.63) is 34.3 Å². The summed E-state index contributed by atoms with van der Waals surface area (Å²) in [6, 6.07) is 8.70. The van der Waals surface area contributed by atoms with Gasteiger partial charge in [0.1, 0.15) is 0 Å². The van der Waals surface area contributed by atoms with Gasteiger partial charge in [-0.25, -0.2) is 0 Å². The van der Waals surface area contributed by atoms with Gasteiger partial charge in [-0.2, -0.15) is 0 Å². The van der Waals surface area contributed by atoms with Gasteiger partial charge in [0.15, 0.2) is 0 Å². The maximum Gasteiger partial charge on any atom is 0.0178 e. The van der Waals surface area contributed by atoms with Crippen molar-refractivity contribution < 1.29 is 0 Å². The van der Waals surface area contributed by atoms with Crippen LogP contribution in [-0.4, -0.2) is 10.7 Å². The van der Waals surface area contributed by atoms with Gasteiger partial charge in [-0.1, -0.05) is 86.6 Å². The van der Waals surface area contributed by atoms with E-state index in [0.29, 0.717) is 0 Å². The summed E-state index contributed by atoms with van der Waals surface area (Å²) in [5.41, 5.74) is 1.62. The topological polar surface area (TPSA) is 0 Å². The monoisotopic (exact) mass is 438 g/mol. The third-order valence-electron chi connectivity index (χ3n) is 3.39. The normalized spacial score (nSPS) is 12.1. The van der Waals surface area contributed by atoms with E-state index in [2.05, 4.69) is 85.9 Å². The molecule has 0 fully saturated rings. The number of hydrogen-bond acceptors (Lipinski definition) is 0. The Balaban J connectivity index is 2.85. The van der Waals surface area contributed by atoms with E-state index in [4.69, 9.17) is 0 Å². The smallest absolute Gasteiger partial charge is 0.0178 e. The third-order valence-corrected chi connectivity index (χ3v) is 6.03. The fourth-order valence-corrected chi connectivity index (χ4v) is 4.67. The summed E-state index contributed by atoms with van der Waals surface area (Å²) in [6.45, 7) is 4.59. The highest BCUT2D eigenvalue weighted by atomic mass is 79.9. The molecule has 18 heavy (non-hydrogen) atoms. The largest absolute Gasteiger partial charge is 0.0918 e. The maximum atomic E-state index is 3.72. The summed E-state index contributed by atoms with van der Waals surface area (Å²) in [4.78, 5) is 0. The molecule has 3 heteroatoms. The highest BCUT2D eigenvalue weighted by Crippen LogP contribution is 2.35. The second-order valence-electron chi connectivity index (χ2n) is 5.34. The first-order valence-electron chi connectivity index (χ1n) is 6.42. The minimum Gasteiger partial charge on any atom is -0.0918 e. The van der Waals surface area contributed by atoms with E-state index in [1.165, 1.54) is 24.8 Å². The predicted octanol–water partition coefficient (Wildman–Crippen LogP) is 6.30. The summed E-state index contributed by atoms with van der Waals surface area (Å²) in [6.07, 6.45) is 3.80. The quantitative estimate of drug-likeness (QED) is 0.436. The molecule has 0 bridgehead atoms. The molecule has 0 N–H and O–H groups in total. The highest BCUT2D eigenvalue weighted by molar-refractivity contribution is 9.10. The van der Waals surface area contributed by atoms with Gasteiger partial charge < -0.3 is 0 Å². The lowest BCUT2D eigenvalue weighted by Crippen LogP contribution is -2.30. The predicted molar refractivity (Wildman–Crippen MR) is 92.1 cm³/mol. The van der Waals surface area contributed by atoms with Gasteiger partial charge in [0.05, 0.1) is 0 Å². The van der Waals surface area contributed by atoms with Crippen molar-refractivity contribution in [3.8, 4) is 0 Å². The van der Waals surface area contributed by atoms with Crippen LogP contribution in [0.5, 0.6) is 0 Å². The third kappa shape index (κ3) is 4.64. The lowest BCUT2D eigenvalue weighted by molar-refractivity contribution is 0.439. The van der Waals surface area contributed by atoms with Gasteiger partial charge in [-0.3, -0.25) is 0 Å². The minimum absolute atomic E-state index is 0.207. The Labute approximate surface area is 136 Å². The first-order chi connectivity index (χ1) is 8.54. The first kappa shape index (κ1) is 16.7. The van der Waals surface area contributed by atoms with Crippen molar-refractivity contribution in [2.24, 2.45) is 5.92 Å². The number of benzene rings is 1. The lowest BCUT2D eigenvalue weighted by Gasteiger charge is -2.31. The number of rotatable bonds is 7. The van der Waals surface area contributed by atoms with Crippen LogP contribution in [0.2, 0.25) is 0 Å². The fraction of sp³-hybridized carbons (Fsp3) is 0.600. The fourth-order valence-electron chi connectivity index (χ4n) is 2.14. The highest BCUT2D eigenvalue weighted by Gasteiger charge is 2.29.